The van der Waals surface area contributed by atoms with Crippen molar-refractivity contribution in [1.29, 1.82) is 0 Å². The number of para-hydroxylation sites is 1. The smallest absolute Gasteiger partial charge is 0.228 e. The molecule has 3 aliphatic rings. The number of carbonyl (C=O) groups excluding carboxylic acids is 1. The highest BCUT2D eigenvalue weighted by Crippen LogP contribution is 2.49. The minimum atomic E-state index is 0.301. The maximum atomic E-state index is 13.1. The van der Waals surface area contributed by atoms with Crippen molar-refractivity contribution in [3.8, 4) is 0 Å². The molecule has 140 valence electrons. The Balaban J connectivity index is 1.52. The van der Waals surface area contributed by atoms with E-state index >= 15 is 0 Å². The highest BCUT2D eigenvalue weighted by molar-refractivity contribution is 8.13. The van der Waals surface area contributed by atoms with Gasteiger partial charge in [0.15, 0.2) is 5.17 Å². The van der Waals surface area contributed by atoms with Gasteiger partial charge in [-0.3, -0.25) is 9.69 Å². The third kappa shape index (κ3) is 3.71. The molecule has 1 aromatic rings. The second-order valence-corrected chi connectivity index (χ2v) is 9.56. The van der Waals surface area contributed by atoms with Gasteiger partial charge in [-0.15, -0.1) is 0 Å². The summed E-state index contributed by atoms with van der Waals surface area (Å²) < 4.78 is 0. The zero-order valence-corrected chi connectivity index (χ0v) is 16.8. The highest BCUT2D eigenvalue weighted by atomic mass is 32.2. The van der Waals surface area contributed by atoms with Crippen LogP contribution in [0, 0.1) is 17.8 Å². The summed E-state index contributed by atoms with van der Waals surface area (Å²) >= 11 is 1.74. The summed E-state index contributed by atoms with van der Waals surface area (Å²) in [6.45, 7) is 5.23. The molecule has 4 rings (SSSR count). The average molecular weight is 371 g/mol. The molecule has 3 fully saturated rings. The third-order valence-electron chi connectivity index (χ3n) is 6.39. The Morgan fingerprint density at radius 3 is 2.85 bits per heavy atom. The van der Waals surface area contributed by atoms with E-state index < -0.39 is 0 Å². The van der Waals surface area contributed by atoms with Crippen molar-refractivity contribution in [1.82, 2.24) is 4.90 Å². The van der Waals surface area contributed by atoms with Crippen molar-refractivity contribution in [3.63, 3.8) is 0 Å². The maximum absolute atomic E-state index is 13.1. The van der Waals surface area contributed by atoms with Crippen LogP contribution in [-0.4, -0.2) is 28.3 Å². The second-order valence-electron chi connectivity index (χ2n) is 8.49. The first-order valence-electron chi connectivity index (χ1n) is 10.2. The van der Waals surface area contributed by atoms with Crippen LogP contribution in [0.1, 0.15) is 63.9 Å². The molecule has 26 heavy (non-hydrogen) atoms. The van der Waals surface area contributed by atoms with Gasteiger partial charge in [-0.2, -0.15) is 0 Å². The summed E-state index contributed by atoms with van der Waals surface area (Å²) in [6.07, 6.45) is 7.19. The largest absolute Gasteiger partial charge is 0.291 e. The monoisotopic (exact) mass is 370 g/mol. The molecule has 2 bridgehead atoms. The molecule has 0 aromatic heterocycles. The number of fused-ring (bicyclic) bond motifs is 2. The number of rotatable bonds is 4. The summed E-state index contributed by atoms with van der Waals surface area (Å²) in [4.78, 5) is 20.0. The van der Waals surface area contributed by atoms with Gasteiger partial charge >= 0.3 is 0 Å². The predicted octanol–water partition coefficient (Wildman–Crippen LogP) is 5.59. The van der Waals surface area contributed by atoms with E-state index in [-0.39, 0.29) is 0 Å². The standard InChI is InChI=1S/C22H30N2OS/c1-15(2)19-6-3-4-7-20(19)23-22-24(10-5-11-26-22)21(25)14-18-13-16-8-9-17(18)12-16/h3-4,6-7,15-18H,5,8-14H2,1-2H3/t16-,17+,18-/m0/s1. The Labute approximate surface area is 161 Å². The normalized spacial score (nSPS) is 29.7. The number of thioether (sulfide) groups is 1. The molecule has 1 aromatic carbocycles. The van der Waals surface area contributed by atoms with Gasteiger partial charge in [-0.05, 0) is 61.0 Å². The summed E-state index contributed by atoms with van der Waals surface area (Å²) in [5.41, 5.74) is 2.27. The number of hydrogen-bond donors (Lipinski definition) is 0. The Kier molecular flexibility index (Phi) is 5.40. The first kappa shape index (κ1) is 18.1. The van der Waals surface area contributed by atoms with Gasteiger partial charge in [0.1, 0.15) is 0 Å². The van der Waals surface area contributed by atoms with E-state index in [4.69, 9.17) is 4.99 Å². The number of carbonyl (C=O) groups is 1. The number of nitrogens with zero attached hydrogens (tertiary/aromatic N) is 2. The first-order chi connectivity index (χ1) is 12.6. The molecule has 1 aliphatic heterocycles. The van der Waals surface area contributed by atoms with Crippen LogP contribution in [-0.2, 0) is 4.79 Å². The molecule has 2 aliphatic carbocycles. The van der Waals surface area contributed by atoms with E-state index in [2.05, 4.69) is 32.0 Å². The number of amides is 1. The van der Waals surface area contributed by atoms with Gasteiger partial charge in [0.05, 0.1) is 5.69 Å². The quantitative estimate of drug-likeness (QED) is 0.692. The fraction of sp³-hybridized carbons (Fsp3) is 0.636. The summed E-state index contributed by atoms with van der Waals surface area (Å²) in [7, 11) is 0. The molecule has 3 atom stereocenters. The second kappa shape index (κ2) is 7.75. The van der Waals surface area contributed by atoms with Crippen molar-refractivity contribution < 1.29 is 4.79 Å². The molecular formula is C22H30N2OS. The summed E-state index contributed by atoms with van der Waals surface area (Å²) in [5, 5.41) is 0.914. The van der Waals surface area contributed by atoms with Crippen molar-refractivity contribution in [2.24, 2.45) is 22.7 Å². The predicted molar refractivity (Wildman–Crippen MR) is 110 cm³/mol. The molecule has 2 saturated carbocycles. The number of benzene rings is 1. The van der Waals surface area contributed by atoms with Gasteiger partial charge < -0.3 is 0 Å². The molecule has 0 N–H and O–H groups in total. The van der Waals surface area contributed by atoms with E-state index in [0.717, 1.165) is 47.8 Å². The van der Waals surface area contributed by atoms with Crippen molar-refractivity contribution in [2.75, 3.05) is 12.3 Å². The molecule has 1 saturated heterocycles. The number of hydrogen-bond acceptors (Lipinski definition) is 3. The average Bonchev–Trinajstić information content (AvgIpc) is 3.25. The van der Waals surface area contributed by atoms with Crippen LogP contribution in [0.2, 0.25) is 0 Å². The molecule has 1 amide bonds. The Bertz CT molecular complexity index is 699. The molecule has 0 unspecified atom stereocenters. The topological polar surface area (TPSA) is 32.7 Å². The first-order valence-corrected chi connectivity index (χ1v) is 11.2. The lowest BCUT2D eigenvalue weighted by Crippen LogP contribution is -2.40. The molecular weight excluding hydrogens is 340 g/mol. The van der Waals surface area contributed by atoms with Gasteiger partial charge in [0, 0.05) is 18.7 Å². The Morgan fingerprint density at radius 2 is 2.12 bits per heavy atom. The minimum absolute atomic E-state index is 0.301. The molecule has 0 spiro atoms. The van der Waals surface area contributed by atoms with E-state index in [9.17, 15) is 4.79 Å². The van der Waals surface area contributed by atoms with E-state index in [1.807, 2.05) is 11.0 Å². The summed E-state index contributed by atoms with van der Waals surface area (Å²) in [5.74, 6) is 4.12. The molecule has 3 nitrogen and oxygen atoms in total. The third-order valence-corrected chi connectivity index (χ3v) is 7.45. The highest BCUT2D eigenvalue weighted by Gasteiger charge is 2.41. The van der Waals surface area contributed by atoms with E-state index in [1.54, 1.807) is 11.8 Å². The van der Waals surface area contributed by atoms with Crippen LogP contribution in [0.15, 0.2) is 29.3 Å². The van der Waals surface area contributed by atoms with Gasteiger partial charge in [-0.25, -0.2) is 4.99 Å². The van der Waals surface area contributed by atoms with Crippen LogP contribution >= 0.6 is 11.8 Å². The van der Waals surface area contributed by atoms with Crippen molar-refractivity contribution in [2.45, 2.75) is 58.3 Å². The van der Waals surface area contributed by atoms with Crippen molar-refractivity contribution >= 4 is 28.5 Å². The fourth-order valence-corrected chi connectivity index (χ4v) is 5.99. The van der Waals surface area contributed by atoms with Gasteiger partial charge in [0.25, 0.3) is 0 Å². The maximum Gasteiger partial charge on any atom is 0.228 e. The summed E-state index contributed by atoms with van der Waals surface area (Å²) in [6, 6.07) is 8.35. The fourth-order valence-electron chi connectivity index (χ4n) is 5.03. The van der Waals surface area contributed by atoms with Crippen LogP contribution < -0.4 is 0 Å². The van der Waals surface area contributed by atoms with Crippen LogP contribution in [0.3, 0.4) is 0 Å². The lowest BCUT2D eigenvalue weighted by atomic mass is 9.86. The number of amidine groups is 1. The van der Waals surface area contributed by atoms with Crippen LogP contribution in [0.25, 0.3) is 0 Å². The SMILES string of the molecule is CC(C)c1ccccc1N=C1SCCCN1C(=O)C[C@@H]1C[C@H]2CC[C@@H]1C2. The lowest BCUT2D eigenvalue weighted by molar-refractivity contribution is -0.128. The van der Waals surface area contributed by atoms with E-state index in [1.165, 1.54) is 31.2 Å². The van der Waals surface area contributed by atoms with Gasteiger partial charge in [0.2, 0.25) is 5.91 Å². The molecule has 0 radical (unpaired) electrons. The van der Waals surface area contributed by atoms with Crippen LogP contribution in [0.5, 0.6) is 0 Å². The minimum Gasteiger partial charge on any atom is -0.291 e. The number of aliphatic imine (C=N–C) groups is 1. The zero-order valence-electron chi connectivity index (χ0n) is 16.0. The van der Waals surface area contributed by atoms with Crippen LogP contribution in [0.4, 0.5) is 5.69 Å². The van der Waals surface area contributed by atoms with Crippen molar-refractivity contribution in [3.05, 3.63) is 29.8 Å². The lowest BCUT2D eigenvalue weighted by Gasteiger charge is -2.30. The van der Waals surface area contributed by atoms with E-state index in [0.29, 0.717) is 17.7 Å². The van der Waals surface area contributed by atoms with Gasteiger partial charge in [-0.1, -0.05) is 50.2 Å². The molecule has 4 heteroatoms. The molecule has 1 heterocycles. The zero-order chi connectivity index (χ0) is 18.1. The Hall–Kier alpha value is -1.29. The Morgan fingerprint density at radius 1 is 1.27 bits per heavy atom.